The first-order valence-corrected chi connectivity index (χ1v) is 3.55. The summed E-state index contributed by atoms with van der Waals surface area (Å²) in [6, 6.07) is 0. The molecule has 0 unspecified atom stereocenters. The lowest BCUT2D eigenvalue weighted by Gasteiger charge is -2.26. The lowest BCUT2D eigenvalue weighted by Crippen LogP contribution is -2.32. The van der Waals surface area contributed by atoms with Crippen molar-refractivity contribution in [1.82, 2.24) is 0 Å². The van der Waals surface area contributed by atoms with Crippen molar-refractivity contribution in [2.75, 3.05) is 13.2 Å². The normalized spacial score (nSPS) is 12.0. The molecule has 0 aliphatic carbocycles. The van der Waals surface area contributed by atoms with Gasteiger partial charge < -0.3 is 10.8 Å². The predicted octanol–water partition coefficient (Wildman–Crippen LogP) is 0.744. The van der Waals surface area contributed by atoms with E-state index in [1.54, 1.807) is 0 Å². The molecule has 0 radical (unpaired) electrons. The molecule has 0 spiro atoms. The van der Waals surface area contributed by atoms with E-state index < -0.39 is 0 Å². The van der Waals surface area contributed by atoms with Gasteiger partial charge in [-0.1, -0.05) is 13.8 Å². The third-order valence-electron chi connectivity index (χ3n) is 2.27. The Bertz CT molecular complexity index is 51.8. The molecule has 0 fully saturated rings. The van der Waals surface area contributed by atoms with Crippen LogP contribution in [0, 0.1) is 5.41 Å². The minimum atomic E-state index is 0. The van der Waals surface area contributed by atoms with Crippen molar-refractivity contribution < 1.29 is 5.11 Å². The van der Waals surface area contributed by atoms with Crippen molar-refractivity contribution in [3.63, 3.8) is 0 Å². The van der Waals surface area contributed by atoms with Crippen LogP contribution in [0.2, 0.25) is 0 Å². The summed E-state index contributed by atoms with van der Waals surface area (Å²) in [6.07, 6.45) is 1.94. The van der Waals surface area contributed by atoms with Crippen LogP contribution in [-0.2, 0) is 0 Å². The third kappa shape index (κ3) is 1.95. The molecule has 0 bridgehead atoms. The van der Waals surface area contributed by atoms with Crippen molar-refractivity contribution >= 4 is 0 Å². The highest BCUT2D eigenvalue weighted by Gasteiger charge is 2.22. The minimum absolute atomic E-state index is 0. The molecular formula is C7H17NO. The first-order chi connectivity index (χ1) is 4.24. The van der Waals surface area contributed by atoms with Gasteiger partial charge in [-0.05, 0) is 12.8 Å². The van der Waals surface area contributed by atoms with E-state index in [1.807, 2.05) is 0 Å². The van der Waals surface area contributed by atoms with Crippen molar-refractivity contribution in [3.8, 4) is 0 Å². The first-order valence-electron chi connectivity index (χ1n) is 3.55. The smallest absolute Gasteiger partial charge is 0.0499 e. The fraction of sp³-hybridized carbons (Fsp3) is 1.00. The van der Waals surface area contributed by atoms with Gasteiger partial charge in [-0.15, -0.1) is 0 Å². The van der Waals surface area contributed by atoms with Gasteiger partial charge in [-0.25, -0.2) is 0 Å². The van der Waals surface area contributed by atoms with Crippen LogP contribution >= 0.6 is 0 Å². The Kier molecular flexibility index (Phi) is 3.82. The zero-order valence-electron chi connectivity index (χ0n) is 6.35. The molecule has 0 saturated carbocycles. The van der Waals surface area contributed by atoms with Crippen LogP contribution in [0.5, 0.6) is 0 Å². The topological polar surface area (TPSA) is 46.2 Å². The van der Waals surface area contributed by atoms with Crippen LogP contribution in [0.25, 0.3) is 0 Å². The number of nitrogens with two attached hydrogens (primary N) is 1. The number of aliphatic hydroxyl groups excluding tert-OH is 1. The highest BCUT2D eigenvalue weighted by molar-refractivity contribution is 4.75. The maximum atomic E-state index is 8.90. The van der Waals surface area contributed by atoms with Crippen LogP contribution in [0.1, 0.15) is 26.7 Å². The molecule has 56 valence electrons. The van der Waals surface area contributed by atoms with Gasteiger partial charge in [-0.3, -0.25) is 0 Å². The second kappa shape index (κ2) is 3.85. The Balaban J connectivity index is 3.82. The number of hydrogen-bond donors (Lipinski definition) is 2. The quantitative estimate of drug-likeness (QED) is 0.591. The fourth-order valence-electron chi connectivity index (χ4n) is 0.827. The Morgan fingerprint density at radius 2 is 1.78 bits per heavy atom. The maximum Gasteiger partial charge on any atom is 0.0499 e. The average molecular weight is 131 g/mol. The van der Waals surface area contributed by atoms with E-state index in [9.17, 15) is 0 Å². The van der Waals surface area contributed by atoms with Crippen LogP contribution < -0.4 is 5.73 Å². The van der Waals surface area contributed by atoms with Crippen LogP contribution in [0.4, 0.5) is 0 Å². The fourth-order valence-corrected chi connectivity index (χ4v) is 0.827. The molecule has 2 nitrogen and oxygen atoms in total. The highest BCUT2D eigenvalue weighted by atomic mass is 16.3. The highest BCUT2D eigenvalue weighted by Crippen LogP contribution is 2.22. The van der Waals surface area contributed by atoms with Crippen LogP contribution in [-0.4, -0.2) is 18.3 Å². The Morgan fingerprint density at radius 1 is 1.33 bits per heavy atom. The van der Waals surface area contributed by atoms with Gasteiger partial charge in [0.1, 0.15) is 0 Å². The third-order valence-corrected chi connectivity index (χ3v) is 2.27. The summed E-state index contributed by atoms with van der Waals surface area (Å²) in [5, 5.41) is 8.90. The first kappa shape index (κ1) is 8.92. The zero-order valence-corrected chi connectivity index (χ0v) is 6.35. The molecule has 0 aliphatic heterocycles. The number of aliphatic hydroxyl groups is 1. The summed E-state index contributed by atoms with van der Waals surface area (Å²) in [4.78, 5) is 0. The molecular weight excluding hydrogens is 114 g/mol. The molecule has 0 aromatic heterocycles. The second-order valence-electron chi connectivity index (χ2n) is 2.57. The SMILES string of the molecule is CCC(CC)(CN)CO. The summed E-state index contributed by atoms with van der Waals surface area (Å²) in [5.74, 6) is 0. The lowest BCUT2D eigenvalue weighted by molar-refractivity contribution is 0.123. The average Bonchev–Trinajstić information content (AvgIpc) is 1.95. The zero-order chi connectivity index (χ0) is 7.33. The largest absolute Gasteiger partial charge is 0.396 e. The maximum absolute atomic E-state index is 8.90. The van der Waals surface area contributed by atoms with E-state index in [0.29, 0.717) is 6.54 Å². The van der Waals surface area contributed by atoms with Crippen molar-refractivity contribution in [3.05, 3.63) is 0 Å². The number of hydrogen-bond acceptors (Lipinski definition) is 2. The summed E-state index contributed by atoms with van der Waals surface area (Å²) in [6.45, 7) is 4.94. The van der Waals surface area contributed by atoms with E-state index >= 15 is 0 Å². The molecule has 0 atom stereocenters. The summed E-state index contributed by atoms with van der Waals surface area (Å²) in [5.41, 5.74) is 5.48. The van der Waals surface area contributed by atoms with Gasteiger partial charge in [0.2, 0.25) is 0 Å². The lowest BCUT2D eigenvalue weighted by atomic mass is 9.84. The second-order valence-corrected chi connectivity index (χ2v) is 2.57. The molecule has 0 heterocycles. The van der Waals surface area contributed by atoms with Crippen LogP contribution in [0.3, 0.4) is 0 Å². The van der Waals surface area contributed by atoms with Crippen molar-refractivity contribution in [1.29, 1.82) is 0 Å². The van der Waals surface area contributed by atoms with E-state index in [-0.39, 0.29) is 12.0 Å². The van der Waals surface area contributed by atoms with E-state index in [1.165, 1.54) is 0 Å². The van der Waals surface area contributed by atoms with Crippen molar-refractivity contribution in [2.24, 2.45) is 11.1 Å². The summed E-state index contributed by atoms with van der Waals surface area (Å²) in [7, 11) is 0. The van der Waals surface area contributed by atoms with Gasteiger partial charge >= 0.3 is 0 Å². The molecule has 0 aromatic rings. The van der Waals surface area contributed by atoms with Gasteiger partial charge in [0, 0.05) is 18.6 Å². The van der Waals surface area contributed by atoms with Gasteiger partial charge in [0.15, 0.2) is 0 Å². The summed E-state index contributed by atoms with van der Waals surface area (Å²) >= 11 is 0. The predicted molar refractivity (Wildman–Crippen MR) is 39.2 cm³/mol. The molecule has 9 heavy (non-hydrogen) atoms. The molecule has 0 amide bonds. The Morgan fingerprint density at radius 3 is 1.78 bits per heavy atom. The van der Waals surface area contributed by atoms with E-state index in [2.05, 4.69) is 13.8 Å². The molecule has 0 saturated heterocycles. The Labute approximate surface area is 57.1 Å². The minimum Gasteiger partial charge on any atom is -0.396 e. The molecule has 0 aromatic carbocycles. The van der Waals surface area contributed by atoms with Gasteiger partial charge in [0.05, 0.1) is 0 Å². The van der Waals surface area contributed by atoms with Gasteiger partial charge in [0.25, 0.3) is 0 Å². The molecule has 3 N–H and O–H groups in total. The van der Waals surface area contributed by atoms with Crippen molar-refractivity contribution in [2.45, 2.75) is 26.7 Å². The molecule has 0 aliphatic rings. The molecule has 0 rings (SSSR count). The van der Waals surface area contributed by atoms with E-state index in [0.717, 1.165) is 12.8 Å². The molecule has 2 heteroatoms. The van der Waals surface area contributed by atoms with Crippen LogP contribution in [0.15, 0.2) is 0 Å². The monoisotopic (exact) mass is 131 g/mol. The Hall–Kier alpha value is -0.0800. The van der Waals surface area contributed by atoms with E-state index in [4.69, 9.17) is 10.8 Å². The summed E-state index contributed by atoms with van der Waals surface area (Å²) < 4.78 is 0. The van der Waals surface area contributed by atoms with Gasteiger partial charge in [-0.2, -0.15) is 0 Å². The standard InChI is InChI=1S/C7H17NO/c1-3-7(4-2,5-8)6-9/h9H,3-6,8H2,1-2H3. The number of rotatable bonds is 4.